The van der Waals surface area contributed by atoms with Crippen molar-refractivity contribution < 1.29 is 14.3 Å². The van der Waals surface area contributed by atoms with Gasteiger partial charge in [-0.05, 0) is 18.2 Å². The van der Waals surface area contributed by atoms with Gasteiger partial charge in [-0.25, -0.2) is 9.38 Å². The smallest absolute Gasteiger partial charge is 0.279 e. The highest BCUT2D eigenvalue weighted by atomic mass is 32.1. The van der Waals surface area contributed by atoms with E-state index in [4.69, 9.17) is 5.73 Å². The van der Waals surface area contributed by atoms with Gasteiger partial charge in [-0.2, -0.15) is 4.98 Å². The summed E-state index contributed by atoms with van der Waals surface area (Å²) < 4.78 is 13.2. The van der Waals surface area contributed by atoms with Crippen molar-refractivity contribution in [1.82, 2.24) is 4.98 Å². The second-order valence-corrected chi connectivity index (χ2v) is 4.69. The third kappa shape index (κ3) is 1.48. The number of nitrogen functional groups attached to an aromatic ring is 1. The lowest BCUT2D eigenvalue weighted by Crippen LogP contribution is -2.23. The van der Waals surface area contributed by atoms with Crippen molar-refractivity contribution in [3.05, 3.63) is 39.5 Å². The summed E-state index contributed by atoms with van der Waals surface area (Å²) in [5.41, 5.74) is 5.60. The predicted molar refractivity (Wildman–Crippen MR) is 62.9 cm³/mol. The third-order valence-electron chi connectivity index (χ3n) is 2.52. The largest absolute Gasteiger partial charge is 0.492 e. The van der Waals surface area contributed by atoms with Gasteiger partial charge in [0.05, 0.1) is 10.9 Å². The molecule has 0 fully saturated rings. The number of carbonyl (C=O) groups is 1. The number of nitrogens with zero attached hydrogens (tertiary/aromatic N) is 2. The Morgan fingerprint density at radius 1 is 1.39 bits per heavy atom. The summed E-state index contributed by atoms with van der Waals surface area (Å²) in [5.74, 6) is -1.35. The normalized spacial score (nSPS) is 13.6. The number of aromatic nitrogens is 1. The molecule has 18 heavy (non-hydrogen) atoms. The number of anilines is 1. The number of nitrogens with two attached hydrogens (primary N) is 1. The second kappa shape index (κ2) is 3.61. The predicted octanol–water partition coefficient (Wildman–Crippen LogP) is -0.0712. The van der Waals surface area contributed by atoms with Crippen molar-refractivity contribution >= 4 is 27.9 Å². The van der Waals surface area contributed by atoms with Gasteiger partial charge in [0, 0.05) is 5.22 Å². The quantitative estimate of drug-likeness (QED) is 0.753. The first kappa shape index (κ1) is 10.8. The van der Waals surface area contributed by atoms with E-state index < -0.39 is 11.7 Å². The third-order valence-corrected chi connectivity index (χ3v) is 3.41. The van der Waals surface area contributed by atoms with Crippen molar-refractivity contribution in [2.45, 2.75) is 0 Å². The van der Waals surface area contributed by atoms with Crippen LogP contribution in [0.5, 0.6) is 5.88 Å². The first-order valence-corrected chi connectivity index (χ1v) is 5.76. The van der Waals surface area contributed by atoms with Gasteiger partial charge in [-0.15, -0.1) is 0 Å². The van der Waals surface area contributed by atoms with Crippen LogP contribution in [0, 0.1) is 5.82 Å². The number of hydrogen-bond donors (Lipinski definition) is 2. The molecule has 0 unspecified atom stereocenters. The van der Waals surface area contributed by atoms with Crippen LogP contribution in [-0.2, 0) is 4.79 Å². The first-order chi connectivity index (χ1) is 8.56. The highest BCUT2D eigenvalue weighted by Crippen LogP contribution is 2.32. The lowest BCUT2D eigenvalue weighted by atomic mass is 10.1. The van der Waals surface area contributed by atoms with E-state index in [0.29, 0.717) is 10.6 Å². The molecule has 0 aliphatic carbocycles. The van der Waals surface area contributed by atoms with Crippen LogP contribution in [-0.4, -0.2) is 16.0 Å². The van der Waals surface area contributed by atoms with E-state index in [0.717, 1.165) is 11.3 Å². The van der Waals surface area contributed by atoms with Crippen molar-refractivity contribution in [1.29, 1.82) is 0 Å². The molecule has 1 amide bonds. The molecule has 0 radical (unpaired) electrons. The fraction of sp³-hybridized carbons (Fsp3) is 0. The minimum absolute atomic E-state index is 0.132. The van der Waals surface area contributed by atoms with E-state index in [9.17, 15) is 14.3 Å². The lowest BCUT2D eigenvalue weighted by Gasteiger charge is -1.95. The summed E-state index contributed by atoms with van der Waals surface area (Å²) in [5, 5.41) is 10.5. The van der Waals surface area contributed by atoms with Gasteiger partial charge in [-0.1, -0.05) is 11.3 Å². The summed E-state index contributed by atoms with van der Waals surface area (Å²) in [6.45, 7) is 0. The Morgan fingerprint density at radius 3 is 2.83 bits per heavy atom. The molecular weight excluding hydrogens is 257 g/mol. The Hall–Kier alpha value is -2.28. The number of halogens is 1. The number of fused-ring (bicyclic) bond motifs is 1. The van der Waals surface area contributed by atoms with Crippen molar-refractivity contribution in [3.63, 3.8) is 0 Å². The van der Waals surface area contributed by atoms with E-state index in [2.05, 4.69) is 9.98 Å². The molecular formula is C11H6FN3O2S. The molecule has 3 rings (SSSR count). The first-order valence-electron chi connectivity index (χ1n) is 4.95. The second-order valence-electron chi connectivity index (χ2n) is 3.66. The molecule has 2 heterocycles. The molecule has 0 saturated carbocycles. The molecule has 2 aromatic rings. The number of hydrogen-bond acceptors (Lipinski definition) is 5. The average Bonchev–Trinajstić information content (AvgIpc) is 2.77. The van der Waals surface area contributed by atoms with Crippen LogP contribution >= 0.6 is 11.3 Å². The van der Waals surface area contributed by atoms with Gasteiger partial charge in [0.25, 0.3) is 5.91 Å². The molecule has 0 bridgehead atoms. The number of aromatic hydroxyl groups is 1. The fourth-order valence-corrected chi connectivity index (χ4v) is 2.57. The SMILES string of the molecule is Nc1nc(O)c(C2=c3cc(F)ccc3=NC2=O)s1. The standard InChI is InChI=1S/C11H6FN3O2S/c12-4-1-2-6-5(3-4)7(9(16)14-6)8-10(17)15-11(13)18-8/h1-3,17H,(H2,13,15). The number of benzene rings is 1. The topological polar surface area (TPSA) is 88.6 Å². The summed E-state index contributed by atoms with van der Waals surface area (Å²) >= 11 is 0.961. The van der Waals surface area contributed by atoms with Crippen LogP contribution in [0.1, 0.15) is 4.88 Å². The van der Waals surface area contributed by atoms with E-state index in [1.807, 2.05) is 0 Å². The Kier molecular flexibility index (Phi) is 2.17. The molecule has 1 aliphatic heterocycles. The van der Waals surface area contributed by atoms with E-state index in [1.165, 1.54) is 18.2 Å². The molecule has 0 spiro atoms. The Labute approximate surface area is 104 Å². The highest BCUT2D eigenvalue weighted by Gasteiger charge is 2.24. The molecule has 90 valence electrons. The van der Waals surface area contributed by atoms with Gasteiger partial charge < -0.3 is 10.8 Å². The van der Waals surface area contributed by atoms with Crippen LogP contribution in [0.25, 0.3) is 5.57 Å². The van der Waals surface area contributed by atoms with Gasteiger partial charge >= 0.3 is 0 Å². The summed E-state index contributed by atoms with van der Waals surface area (Å²) in [4.78, 5) is 19.4. The number of amides is 1. The van der Waals surface area contributed by atoms with Gasteiger partial charge in [-0.3, -0.25) is 4.79 Å². The molecule has 1 aliphatic rings. The molecule has 5 nitrogen and oxygen atoms in total. The van der Waals surface area contributed by atoms with E-state index in [1.54, 1.807) is 0 Å². The number of carbonyl (C=O) groups excluding carboxylic acids is 1. The van der Waals surface area contributed by atoms with Crippen LogP contribution < -0.4 is 16.3 Å². The van der Waals surface area contributed by atoms with Crippen molar-refractivity contribution in [2.75, 3.05) is 5.73 Å². The Bertz CT molecular complexity index is 797. The average molecular weight is 263 g/mol. The lowest BCUT2D eigenvalue weighted by molar-refractivity contribution is -0.112. The monoisotopic (exact) mass is 263 g/mol. The Morgan fingerprint density at radius 2 is 2.17 bits per heavy atom. The molecule has 0 atom stereocenters. The zero-order chi connectivity index (χ0) is 12.9. The summed E-state index contributed by atoms with van der Waals surface area (Å²) in [7, 11) is 0. The van der Waals surface area contributed by atoms with E-state index >= 15 is 0 Å². The highest BCUT2D eigenvalue weighted by molar-refractivity contribution is 7.17. The fourth-order valence-electron chi connectivity index (χ4n) is 1.80. The van der Waals surface area contributed by atoms with Crippen LogP contribution in [0.15, 0.2) is 23.2 Å². The molecule has 3 N–H and O–H groups in total. The number of thiazole rings is 1. The zero-order valence-electron chi connectivity index (χ0n) is 8.85. The van der Waals surface area contributed by atoms with Crippen LogP contribution in [0.3, 0.4) is 0 Å². The van der Waals surface area contributed by atoms with Crippen molar-refractivity contribution in [2.24, 2.45) is 4.99 Å². The molecule has 1 aromatic carbocycles. The van der Waals surface area contributed by atoms with Gasteiger partial charge in [0.2, 0.25) is 5.88 Å². The van der Waals surface area contributed by atoms with Crippen LogP contribution in [0.2, 0.25) is 0 Å². The molecule has 1 aromatic heterocycles. The maximum absolute atomic E-state index is 13.2. The Balaban J connectivity index is 2.41. The van der Waals surface area contributed by atoms with Crippen LogP contribution in [0.4, 0.5) is 9.52 Å². The molecule has 0 saturated heterocycles. The van der Waals surface area contributed by atoms with Gasteiger partial charge in [0.1, 0.15) is 10.7 Å². The van der Waals surface area contributed by atoms with E-state index in [-0.39, 0.29) is 21.5 Å². The van der Waals surface area contributed by atoms with Gasteiger partial charge in [0.15, 0.2) is 5.13 Å². The maximum Gasteiger partial charge on any atom is 0.279 e. The summed E-state index contributed by atoms with van der Waals surface area (Å²) in [6, 6.07) is 3.84. The number of rotatable bonds is 1. The summed E-state index contributed by atoms with van der Waals surface area (Å²) in [6.07, 6.45) is 0. The van der Waals surface area contributed by atoms with Crippen molar-refractivity contribution in [3.8, 4) is 5.88 Å². The zero-order valence-corrected chi connectivity index (χ0v) is 9.66. The minimum Gasteiger partial charge on any atom is -0.492 e. The maximum atomic E-state index is 13.2. The minimum atomic E-state index is -0.533. The molecule has 7 heteroatoms.